The largest absolute Gasteiger partial charge is 0.361 e. The summed E-state index contributed by atoms with van der Waals surface area (Å²) in [6.07, 6.45) is 6.49. The maximum absolute atomic E-state index is 12.6. The van der Waals surface area contributed by atoms with E-state index in [-0.39, 0.29) is 5.91 Å². The molecule has 2 aromatic carbocycles. The zero-order valence-electron chi connectivity index (χ0n) is 21.5. The first-order valence-electron chi connectivity index (χ1n) is 13.1. The van der Waals surface area contributed by atoms with E-state index in [9.17, 15) is 4.79 Å². The zero-order valence-corrected chi connectivity index (χ0v) is 21.5. The van der Waals surface area contributed by atoms with Gasteiger partial charge in [-0.2, -0.15) is 0 Å². The van der Waals surface area contributed by atoms with Gasteiger partial charge in [0.15, 0.2) is 5.65 Å². The third kappa shape index (κ3) is 5.27. The molecule has 5 aromatic rings. The van der Waals surface area contributed by atoms with Crippen LogP contribution in [0.2, 0.25) is 0 Å². The van der Waals surface area contributed by atoms with E-state index >= 15 is 0 Å². The minimum atomic E-state index is -0.0495. The number of rotatable bonds is 7. The topological polar surface area (TPSA) is 90.0 Å². The Bertz CT molecular complexity index is 1570. The molecule has 0 saturated carbocycles. The van der Waals surface area contributed by atoms with Crippen LogP contribution in [-0.2, 0) is 0 Å². The Kier molecular flexibility index (Phi) is 6.81. The Morgan fingerprint density at radius 3 is 2.58 bits per heavy atom. The molecule has 8 nitrogen and oxygen atoms in total. The molecular formula is C30H31N7O. The SMILES string of the molecule is CN1CCN(CCCNC(=O)c2ccc(-c3cnc4cc(-c5ccc6[nH]ccc6c5)cnc4n3)cc2)CC1. The van der Waals surface area contributed by atoms with Crippen LogP contribution in [0.4, 0.5) is 0 Å². The Hall–Kier alpha value is -4.14. The lowest BCUT2D eigenvalue weighted by molar-refractivity contribution is 0.0949. The highest BCUT2D eigenvalue weighted by Crippen LogP contribution is 2.26. The van der Waals surface area contributed by atoms with Gasteiger partial charge in [0.2, 0.25) is 0 Å². The number of hydrogen-bond donors (Lipinski definition) is 2. The van der Waals surface area contributed by atoms with Gasteiger partial charge >= 0.3 is 0 Å². The molecule has 1 saturated heterocycles. The van der Waals surface area contributed by atoms with Gasteiger partial charge in [-0.15, -0.1) is 0 Å². The summed E-state index contributed by atoms with van der Waals surface area (Å²) in [6, 6.07) is 17.9. The average Bonchev–Trinajstić information content (AvgIpc) is 3.44. The van der Waals surface area contributed by atoms with E-state index in [1.54, 1.807) is 6.20 Å². The van der Waals surface area contributed by atoms with Crippen molar-refractivity contribution >= 4 is 28.0 Å². The van der Waals surface area contributed by atoms with Crippen molar-refractivity contribution in [3.8, 4) is 22.4 Å². The number of fused-ring (bicyclic) bond motifs is 2. The van der Waals surface area contributed by atoms with E-state index in [1.165, 1.54) is 0 Å². The number of nitrogens with zero attached hydrogens (tertiary/aromatic N) is 5. The van der Waals surface area contributed by atoms with E-state index in [4.69, 9.17) is 4.98 Å². The molecule has 0 spiro atoms. The van der Waals surface area contributed by atoms with Crippen molar-refractivity contribution in [2.75, 3.05) is 46.3 Å². The van der Waals surface area contributed by atoms with Crippen molar-refractivity contribution in [2.24, 2.45) is 0 Å². The predicted octanol–water partition coefficient (Wildman–Crippen LogP) is 4.21. The van der Waals surface area contributed by atoms with Gasteiger partial charge in [0.05, 0.1) is 11.9 Å². The van der Waals surface area contributed by atoms with Gasteiger partial charge in [-0.25, -0.2) is 9.97 Å². The maximum atomic E-state index is 12.6. The number of carbonyl (C=O) groups excluding carboxylic acids is 1. The molecule has 1 amide bonds. The summed E-state index contributed by atoms with van der Waals surface area (Å²) >= 11 is 0. The lowest BCUT2D eigenvalue weighted by Crippen LogP contribution is -2.45. The number of pyridine rings is 1. The molecule has 1 fully saturated rings. The van der Waals surface area contributed by atoms with Gasteiger partial charge in [-0.05, 0) is 67.4 Å². The first kappa shape index (κ1) is 24.2. The number of carbonyl (C=O) groups is 1. The molecule has 1 aliphatic rings. The lowest BCUT2D eigenvalue weighted by Gasteiger charge is -2.32. The highest BCUT2D eigenvalue weighted by Gasteiger charge is 2.13. The van der Waals surface area contributed by atoms with E-state index in [0.29, 0.717) is 17.8 Å². The van der Waals surface area contributed by atoms with Crippen LogP contribution in [0.25, 0.3) is 44.5 Å². The molecule has 0 aliphatic carbocycles. The van der Waals surface area contributed by atoms with Gasteiger partial charge in [0, 0.05) is 67.3 Å². The summed E-state index contributed by atoms with van der Waals surface area (Å²) in [4.78, 5) is 34.6. The summed E-state index contributed by atoms with van der Waals surface area (Å²) in [5, 5.41) is 4.20. The molecule has 0 radical (unpaired) electrons. The van der Waals surface area contributed by atoms with E-state index in [0.717, 1.165) is 77.9 Å². The minimum absolute atomic E-state index is 0.0495. The maximum Gasteiger partial charge on any atom is 0.251 e. The predicted molar refractivity (Wildman–Crippen MR) is 151 cm³/mol. The number of aromatic amines is 1. The van der Waals surface area contributed by atoms with E-state index in [2.05, 4.69) is 61.4 Å². The number of amides is 1. The van der Waals surface area contributed by atoms with Crippen LogP contribution >= 0.6 is 0 Å². The molecule has 2 N–H and O–H groups in total. The van der Waals surface area contributed by atoms with Crippen LogP contribution in [0, 0.1) is 0 Å². The van der Waals surface area contributed by atoms with Gasteiger partial charge in [-0.1, -0.05) is 18.2 Å². The Morgan fingerprint density at radius 2 is 1.74 bits per heavy atom. The van der Waals surface area contributed by atoms with Gasteiger partial charge in [-0.3, -0.25) is 9.78 Å². The number of nitrogens with one attached hydrogen (secondary N) is 2. The van der Waals surface area contributed by atoms with Gasteiger partial charge < -0.3 is 20.1 Å². The van der Waals surface area contributed by atoms with Crippen molar-refractivity contribution in [3.05, 3.63) is 78.8 Å². The molecule has 0 unspecified atom stereocenters. The van der Waals surface area contributed by atoms with Gasteiger partial charge in [0.1, 0.15) is 5.52 Å². The third-order valence-electron chi connectivity index (χ3n) is 7.26. The second-order valence-corrected chi connectivity index (χ2v) is 9.93. The number of aromatic nitrogens is 4. The molecule has 38 heavy (non-hydrogen) atoms. The highest BCUT2D eigenvalue weighted by molar-refractivity contribution is 5.94. The van der Waals surface area contributed by atoms with Crippen LogP contribution < -0.4 is 5.32 Å². The number of hydrogen-bond acceptors (Lipinski definition) is 6. The van der Waals surface area contributed by atoms with Crippen LogP contribution in [0.15, 0.2) is 73.2 Å². The standard InChI is InChI=1S/C30H31N7O/c1-36-13-15-37(16-14-36)12-2-10-32-30(38)22-5-3-21(4-6-22)28-20-33-27-18-25(19-34-29(27)35-28)23-7-8-26-24(17-23)9-11-31-26/h3-9,11,17-20,31H,2,10,12-16H2,1H3,(H,32,38). The van der Waals surface area contributed by atoms with Crippen molar-refractivity contribution in [1.29, 1.82) is 0 Å². The number of H-pyrrole nitrogens is 1. The van der Waals surface area contributed by atoms with Crippen LogP contribution in [0.3, 0.4) is 0 Å². The van der Waals surface area contributed by atoms with Crippen LogP contribution in [0.1, 0.15) is 16.8 Å². The molecule has 3 aromatic heterocycles. The fraction of sp³-hybridized carbons (Fsp3) is 0.267. The van der Waals surface area contributed by atoms with Crippen molar-refractivity contribution < 1.29 is 4.79 Å². The van der Waals surface area contributed by atoms with E-state index in [1.807, 2.05) is 42.7 Å². The monoisotopic (exact) mass is 505 g/mol. The summed E-state index contributed by atoms with van der Waals surface area (Å²) in [5.41, 5.74) is 6.80. The quantitative estimate of drug-likeness (QED) is 0.322. The molecule has 0 bridgehead atoms. The second-order valence-electron chi connectivity index (χ2n) is 9.93. The zero-order chi connectivity index (χ0) is 25.9. The molecule has 0 atom stereocenters. The summed E-state index contributed by atoms with van der Waals surface area (Å²) in [6.45, 7) is 6.13. The Morgan fingerprint density at radius 1 is 0.921 bits per heavy atom. The normalized spacial score (nSPS) is 14.8. The van der Waals surface area contributed by atoms with Crippen molar-refractivity contribution in [1.82, 2.24) is 35.1 Å². The summed E-state index contributed by atoms with van der Waals surface area (Å²) in [5.74, 6) is -0.0495. The molecular weight excluding hydrogens is 474 g/mol. The minimum Gasteiger partial charge on any atom is -0.361 e. The summed E-state index contributed by atoms with van der Waals surface area (Å²) in [7, 11) is 2.16. The average molecular weight is 506 g/mol. The molecule has 192 valence electrons. The lowest BCUT2D eigenvalue weighted by atomic mass is 10.1. The number of piperazine rings is 1. The first-order chi connectivity index (χ1) is 18.6. The van der Waals surface area contributed by atoms with Crippen molar-refractivity contribution in [2.45, 2.75) is 6.42 Å². The first-order valence-corrected chi connectivity index (χ1v) is 13.1. The molecule has 8 heteroatoms. The fourth-order valence-electron chi connectivity index (χ4n) is 4.90. The summed E-state index contributed by atoms with van der Waals surface area (Å²) < 4.78 is 0. The highest BCUT2D eigenvalue weighted by atomic mass is 16.1. The van der Waals surface area contributed by atoms with Crippen LogP contribution in [-0.4, -0.2) is 82.0 Å². The Labute approximate surface area is 221 Å². The second kappa shape index (κ2) is 10.7. The smallest absolute Gasteiger partial charge is 0.251 e. The fourth-order valence-corrected chi connectivity index (χ4v) is 4.90. The van der Waals surface area contributed by atoms with Gasteiger partial charge in [0.25, 0.3) is 5.91 Å². The molecule has 6 rings (SSSR count). The number of benzene rings is 2. The number of likely N-dealkylation sites (N-methyl/N-ethyl adjacent to an activating group) is 1. The molecule has 4 heterocycles. The van der Waals surface area contributed by atoms with Crippen molar-refractivity contribution in [3.63, 3.8) is 0 Å². The third-order valence-corrected chi connectivity index (χ3v) is 7.26. The molecule has 1 aliphatic heterocycles. The van der Waals surface area contributed by atoms with E-state index < -0.39 is 0 Å². The Balaban J connectivity index is 1.08. The van der Waals surface area contributed by atoms with Crippen LogP contribution in [0.5, 0.6) is 0 Å².